The van der Waals surface area contributed by atoms with Gasteiger partial charge in [-0.1, -0.05) is 29.8 Å². The number of halogens is 1. The molecule has 148 valence electrons. The minimum atomic E-state index is -3.27. The smallest absolute Gasteiger partial charge is 0.175 e. The minimum Gasteiger partial charge on any atom is -0.497 e. The third-order valence-corrected chi connectivity index (χ3v) is 6.31. The van der Waals surface area contributed by atoms with E-state index < -0.39 is 9.84 Å². The molecule has 0 bridgehead atoms. The molecule has 1 aliphatic rings. The van der Waals surface area contributed by atoms with Gasteiger partial charge >= 0.3 is 0 Å². The van der Waals surface area contributed by atoms with E-state index in [0.717, 1.165) is 28.0 Å². The average molecular weight is 427 g/mol. The van der Waals surface area contributed by atoms with Crippen LogP contribution in [0.1, 0.15) is 16.7 Å². The molecule has 1 aliphatic heterocycles. The van der Waals surface area contributed by atoms with Crippen molar-refractivity contribution < 1.29 is 17.9 Å². The van der Waals surface area contributed by atoms with E-state index in [1.807, 2.05) is 36.4 Å². The molecule has 0 radical (unpaired) electrons. The molecule has 4 rings (SSSR count). The van der Waals surface area contributed by atoms with E-state index in [0.29, 0.717) is 23.0 Å². The van der Waals surface area contributed by atoms with Crippen LogP contribution in [-0.2, 0) is 16.3 Å². The zero-order chi connectivity index (χ0) is 20.6. The Bertz CT molecular complexity index is 1210. The molecule has 0 N–H and O–H groups in total. The van der Waals surface area contributed by atoms with Crippen LogP contribution >= 0.6 is 11.6 Å². The lowest BCUT2D eigenvalue weighted by molar-refractivity contribution is 0.415. The zero-order valence-corrected chi connectivity index (χ0v) is 17.5. The lowest BCUT2D eigenvalue weighted by Gasteiger charge is -2.25. The van der Waals surface area contributed by atoms with Crippen LogP contribution in [0.25, 0.3) is 11.3 Å². The molecule has 3 aromatic rings. The third kappa shape index (κ3) is 3.88. The van der Waals surface area contributed by atoms with Crippen molar-refractivity contribution in [3.05, 3.63) is 88.4 Å². The zero-order valence-electron chi connectivity index (χ0n) is 16.0. The Morgan fingerprint density at radius 3 is 2.38 bits per heavy atom. The number of fused-ring (bicyclic) bond motifs is 1. The summed E-state index contributed by atoms with van der Waals surface area (Å²) in [5.41, 5.74) is 3.63. The van der Waals surface area contributed by atoms with Crippen molar-refractivity contribution in [1.29, 1.82) is 0 Å². The topological polar surface area (TPSA) is 52.6 Å². The first-order valence-corrected chi connectivity index (χ1v) is 11.3. The number of allylic oxidation sites excluding steroid dienone is 1. The molecule has 0 fully saturated rings. The second kappa shape index (κ2) is 7.58. The lowest BCUT2D eigenvalue weighted by Crippen LogP contribution is -2.10. The Morgan fingerprint density at radius 2 is 1.72 bits per heavy atom. The molecule has 0 saturated heterocycles. The van der Waals surface area contributed by atoms with Crippen LogP contribution < -0.4 is 9.47 Å². The third-order valence-electron chi connectivity index (χ3n) is 4.87. The van der Waals surface area contributed by atoms with Crippen molar-refractivity contribution in [2.75, 3.05) is 13.4 Å². The highest BCUT2D eigenvalue weighted by atomic mass is 35.5. The van der Waals surface area contributed by atoms with Crippen molar-refractivity contribution in [1.82, 2.24) is 0 Å². The van der Waals surface area contributed by atoms with E-state index in [4.69, 9.17) is 21.1 Å². The van der Waals surface area contributed by atoms with E-state index in [-0.39, 0.29) is 4.90 Å². The van der Waals surface area contributed by atoms with Crippen LogP contribution in [0.3, 0.4) is 0 Å². The highest BCUT2D eigenvalue weighted by molar-refractivity contribution is 7.90. The molecule has 29 heavy (non-hydrogen) atoms. The molecule has 3 aromatic carbocycles. The van der Waals surface area contributed by atoms with Crippen LogP contribution in [0, 0.1) is 0 Å². The fourth-order valence-corrected chi connectivity index (χ4v) is 4.28. The summed E-state index contributed by atoms with van der Waals surface area (Å²) in [7, 11) is -1.67. The molecule has 0 amide bonds. The number of sulfone groups is 1. The Labute approximate surface area is 175 Å². The maximum atomic E-state index is 11.8. The molecule has 1 heterocycles. The summed E-state index contributed by atoms with van der Waals surface area (Å²) in [4.78, 5) is 0.266. The monoisotopic (exact) mass is 426 g/mol. The van der Waals surface area contributed by atoms with Gasteiger partial charge in [0.05, 0.1) is 17.0 Å². The highest BCUT2D eigenvalue weighted by Gasteiger charge is 2.24. The van der Waals surface area contributed by atoms with Gasteiger partial charge in [0.1, 0.15) is 17.3 Å². The number of hydrogen-bond donors (Lipinski definition) is 0. The fraction of sp³-hybridized carbons (Fsp3) is 0.130. The Morgan fingerprint density at radius 1 is 1.00 bits per heavy atom. The van der Waals surface area contributed by atoms with Gasteiger partial charge in [-0.25, -0.2) is 8.42 Å². The summed E-state index contributed by atoms with van der Waals surface area (Å²) < 4.78 is 35.1. The van der Waals surface area contributed by atoms with Crippen LogP contribution in [0.2, 0.25) is 5.02 Å². The first kappa shape index (κ1) is 19.6. The van der Waals surface area contributed by atoms with Gasteiger partial charge in [0, 0.05) is 29.4 Å². The SMILES string of the molecule is COc1ccc(C2=C(c3ccc(S(C)(=O)=O)cc3)Oc3ccccc3C2)c(Cl)c1. The summed E-state index contributed by atoms with van der Waals surface area (Å²) in [6.45, 7) is 0. The van der Waals surface area contributed by atoms with Gasteiger partial charge in [-0.05, 0) is 54.1 Å². The molecule has 0 spiro atoms. The summed E-state index contributed by atoms with van der Waals surface area (Å²) in [5.74, 6) is 2.12. The van der Waals surface area contributed by atoms with Gasteiger partial charge in [-0.15, -0.1) is 0 Å². The maximum absolute atomic E-state index is 11.8. The first-order valence-electron chi connectivity index (χ1n) is 9.00. The number of benzene rings is 3. The minimum absolute atomic E-state index is 0.266. The van der Waals surface area contributed by atoms with E-state index in [1.54, 1.807) is 37.4 Å². The average Bonchev–Trinajstić information content (AvgIpc) is 2.72. The summed E-state index contributed by atoms with van der Waals surface area (Å²) in [6.07, 6.45) is 1.84. The number of rotatable bonds is 4. The maximum Gasteiger partial charge on any atom is 0.175 e. The number of hydrogen-bond acceptors (Lipinski definition) is 4. The Kier molecular flexibility index (Phi) is 5.11. The molecular weight excluding hydrogens is 408 g/mol. The van der Waals surface area contributed by atoms with Gasteiger partial charge in [0.25, 0.3) is 0 Å². The number of methoxy groups -OCH3 is 1. The quantitative estimate of drug-likeness (QED) is 0.571. The highest BCUT2D eigenvalue weighted by Crippen LogP contribution is 2.41. The second-order valence-corrected chi connectivity index (χ2v) is 9.26. The predicted molar refractivity (Wildman–Crippen MR) is 115 cm³/mol. The predicted octanol–water partition coefficient (Wildman–Crippen LogP) is 5.26. The van der Waals surface area contributed by atoms with Gasteiger partial charge in [0.15, 0.2) is 9.84 Å². The van der Waals surface area contributed by atoms with Crippen molar-refractivity contribution in [3.8, 4) is 11.5 Å². The summed E-state index contributed by atoms with van der Waals surface area (Å²) >= 11 is 6.56. The standard InChI is InChI=1S/C23H19ClO4S/c1-27-17-9-12-19(21(24)14-17)20-13-16-5-3-4-6-22(16)28-23(20)15-7-10-18(11-8-15)29(2,25)26/h3-12,14H,13H2,1-2H3. The van der Waals surface area contributed by atoms with Crippen LogP contribution in [0.5, 0.6) is 11.5 Å². The first-order chi connectivity index (χ1) is 13.9. The van der Waals surface area contributed by atoms with E-state index >= 15 is 0 Å². The normalized spacial score (nSPS) is 13.6. The van der Waals surface area contributed by atoms with Crippen LogP contribution in [-0.4, -0.2) is 21.8 Å². The number of para-hydroxylation sites is 1. The molecule has 0 atom stereocenters. The van der Waals surface area contributed by atoms with Gasteiger partial charge in [-0.3, -0.25) is 0 Å². The van der Waals surface area contributed by atoms with Crippen molar-refractivity contribution in [3.63, 3.8) is 0 Å². The van der Waals surface area contributed by atoms with E-state index in [2.05, 4.69) is 0 Å². The summed E-state index contributed by atoms with van der Waals surface area (Å²) in [6, 6.07) is 20.1. The van der Waals surface area contributed by atoms with Crippen molar-refractivity contribution >= 4 is 32.8 Å². The Balaban J connectivity index is 1.87. The molecule has 0 aliphatic carbocycles. The van der Waals surface area contributed by atoms with E-state index in [9.17, 15) is 8.42 Å². The molecule has 4 nitrogen and oxygen atoms in total. The summed E-state index contributed by atoms with van der Waals surface area (Å²) in [5, 5.41) is 0.563. The molecule has 0 saturated carbocycles. The lowest BCUT2D eigenvalue weighted by atomic mass is 9.92. The Hall–Kier alpha value is -2.76. The van der Waals surface area contributed by atoms with Crippen LogP contribution in [0.15, 0.2) is 71.6 Å². The molecule has 0 aromatic heterocycles. The van der Waals surface area contributed by atoms with Crippen molar-refractivity contribution in [2.24, 2.45) is 0 Å². The van der Waals surface area contributed by atoms with Gasteiger partial charge in [-0.2, -0.15) is 0 Å². The largest absolute Gasteiger partial charge is 0.497 e. The number of ether oxygens (including phenoxy) is 2. The van der Waals surface area contributed by atoms with Crippen LogP contribution in [0.4, 0.5) is 0 Å². The van der Waals surface area contributed by atoms with Crippen molar-refractivity contribution in [2.45, 2.75) is 11.3 Å². The fourth-order valence-electron chi connectivity index (χ4n) is 3.36. The van der Waals surface area contributed by atoms with Gasteiger partial charge < -0.3 is 9.47 Å². The van der Waals surface area contributed by atoms with Gasteiger partial charge in [0.2, 0.25) is 0 Å². The second-order valence-electron chi connectivity index (χ2n) is 6.84. The molecular formula is C23H19ClO4S. The molecule has 6 heteroatoms. The van der Waals surface area contributed by atoms with E-state index in [1.165, 1.54) is 6.26 Å². The molecule has 0 unspecified atom stereocenters.